The molecule has 7 heteroatoms. The number of aromatic nitrogens is 1. The van der Waals surface area contributed by atoms with Gasteiger partial charge in [0.2, 0.25) is 5.91 Å². The molecule has 0 saturated carbocycles. The van der Waals surface area contributed by atoms with E-state index in [2.05, 4.69) is 4.98 Å². The Hall–Kier alpha value is -1.31. The Morgan fingerprint density at radius 1 is 1.45 bits per heavy atom. The number of hydrogen-bond donors (Lipinski definition) is 0. The number of fused-ring (bicyclic) bond motifs is 1. The van der Waals surface area contributed by atoms with Crippen molar-refractivity contribution in [3.05, 3.63) is 18.2 Å². The van der Waals surface area contributed by atoms with Crippen LogP contribution in [0.2, 0.25) is 0 Å². The van der Waals surface area contributed by atoms with E-state index in [4.69, 9.17) is 9.47 Å². The number of carbonyl (C=O) groups excluding carboxylic acids is 1. The lowest BCUT2D eigenvalue weighted by molar-refractivity contribution is -0.132. The van der Waals surface area contributed by atoms with Gasteiger partial charge in [-0.15, -0.1) is 11.3 Å². The molecule has 1 aliphatic heterocycles. The largest absolute Gasteiger partial charge is 0.494 e. The van der Waals surface area contributed by atoms with E-state index in [0.717, 1.165) is 20.3 Å². The molecule has 2 heterocycles. The van der Waals surface area contributed by atoms with Gasteiger partial charge in [0.15, 0.2) is 4.34 Å². The molecule has 0 bridgehead atoms. The van der Waals surface area contributed by atoms with Crippen molar-refractivity contribution in [3.63, 3.8) is 0 Å². The minimum absolute atomic E-state index is 0.155. The van der Waals surface area contributed by atoms with E-state index in [0.29, 0.717) is 38.7 Å². The number of rotatable bonds is 5. The number of thioether (sulfide) groups is 1. The molecule has 1 saturated heterocycles. The predicted octanol–water partition coefficient (Wildman–Crippen LogP) is 2.65. The Morgan fingerprint density at radius 2 is 2.27 bits per heavy atom. The predicted molar refractivity (Wildman–Crippen MR) is 88.9 cm³/mol. The average molecular weight is 338 g/mol. The van der Waals surface area contributed by atoms with E-state index in [1.54, 1.807) is 11.3 Å². The van der Waals surface area contributed by atoms with Crippen molar-refractivity contribution in [2.75, 3.05) is 38.7 Å². The molecule has 118 valence electrons. The van der Waals surface area contributed by atoms with Gasteiger partial charge in [0.1, 0.15) is 5.75 Å². The first-order valence-electron chi connectivity index (χ1n) is 7.28. The van der Waals surface area contributed by atoms with Gasteiger partial charge in [0.25, 0.3) is 0 Å². The standard InChI is InChI=1S/C15H18N2O3S2/c1-2-20-11-3-4-12-13(9-11)22-15(16-12)21-10-14(18)17-5-7-19-8-6-17/h3-4,9H,2,5-8,10H2,1H3. The molecule has 1 aromatic heterocycles. The van der Waals surface area contributed by atoms with E-state index in [1.807, 2.05) is 30.0 Å². The van der Waals surface area contributed by atoms with Crippen LogP contribution in [0.15, 0.2) is 22.5 Å². The third kappa shape index (κ3) is 3.71. The summed E-state index contributed by atoms with van der Waals surface area (Å²) in [5, 5.41) is 0. The number of benzene rings is 1. The molecule has 0 atom stereocenters. The summed E-state index contributed by atoms with van der Waals surface area (Å²) in [4.78, 5) is 18.6. The molecule has 0 radical (unpaired) electrons. The maximum Gasteiger partial charge on any atom is 0.233 e. The Labute approximate surface area is 137 Å². The molecular formula is C15H18N2O3S2. The van der Waals surface area contributed by atoms with Crippen molar-refractivity contribution < 1.29 is 14.3 Å². The first-order valence-corrected chi connectivity index (χ1v) is 9.08. The van der Waals surface area contributed by atoms with Crippen LogP contribution in [-0.2, 0) is 9.53 Å². The van der Waals surface area contributed by atoms with Crippen molar-refractivity contribution in [3.8, 4) is 5.75 Å². The van der Waals surface area contributed by atoms with Crippen molar-refractivity contribution in [1.82, 2.24) is 9.88 Å². The van der Waals surface area contributed by atoms with E-state index in [1.165, 1.54) is 11.8 Å². The molecule has 1 amide bonds. The highest BCUT2D eigenvalue weighted by Crippen LogP contribution is 2.32. The van der Waals surface area contributed by atoms with Crippen LogP contribution in [0.3, 0.4) is 0 Å². The molecule has 1 aliphatic rings. The smallest absolute Gasteiger partial charge is 0.233 e. The van der Waals surface area contributed by atoms with Crippen LogP contribution in [0.1, 0.15) is 6.92 Å². The van der Waals surface area contributed by atoms with E-state index in [-0.39, 0.29) is 5.91 Å². The van der Waals surface area contributed by atoms with Gasteiger partial charge in [-0.25, -0.2) is 4.98 Å². The number of morpholine rings is 1. The van der Waals surface area contributed by atoms with Crippen molar-refractivity contribution >= 4 is 39.2 Å². The van der Waals surface area contributed by atoms with Crippen LogP contribution >= 0.6 is 23.1 Å². The van der Waals surface area contributed by atoms with Crippen LogP contribution < -0.4 is 4.74 Å². The second kappa shape index (κ2) is 7.30. The third-order valence-electron chi connectivity index (χ3n) is 3.33. The molecule has 1 fully saturated rings. The fourth-order valence-electron chi connectivity index (χ4n) is 2.23. The Bertz CT molecular complexity index is 653. The summed E-state index contributed by atoms with van der Waals surface area (Å²) in [6.07, 6.45) is 0. The first-order chi connectivity index (χ1) is 10.8. The van der Waals surface area contributed by atoms with Crippen molar-refractivity contribution in [2.45, 2.75) is 11.3 Å². The fraction of sp³-hybridized carbons (Fsp3) is 0.467. The summed E-state index contributed by atoms with van der Waals surface area (Å²) in [6.45, 7) is 5.28. The number of carbonyl (C=O) groups is 1. The van der Waals surface area contributed by atoms with Gasteiger partial charge in [0, 0.05) is 13.1 Å². The molecule has 0 N–H and O–H groups in total. The quantitative estimate of drug-likeness (QED) is 0.785. The molecule has 2 aromatic rings. The zero-order chi connectivity index (χ0) is 15.4. The minimum atomic E-state index is 0.155. The average Bonchev–Trinajstić information content (AvgIpc) is 2.96. The van der Waals surface area contributed by atoms with Crippen LogP contribution in [0.25, 0.3) is 10.2 Å². The Balaban J connectivity index is 1.62. The lowest BCUT2D eigenvalue weighted by atomic mass is 10.3. The third-order valence-corrected chi connectivity index (χ3v) is 5.48. The molecule has 0 aliphatic carbocycles. The van der Waals surface area contributed by atoms with E-state index in [9.17, 15) is 4.79 Å². The Kier molecular flexibility index (Phi) is 5.17. The normalized spacial score (nSPS) is 15.2. The van der Waals surface area contributed by atoms with Gasteiger partial charge in [-0.2, -0.15) is 0 Å². The van der Waals surface area contributed by atoms with E-state index < -0.39 is 0 Å². The van der Waals surface area contributed by atoms with Crippen LogP contribution in [-0.4, -0.2) is 54.5 Å². The number of ether oxygens (including phenoxy) is 2. The summed E-state index contributed by atoms with van der Waals surface area (Å²) < 4.78 is 12.8. The molecule has 22 heavy (non-hydrogen) atoms. The highest BCUT2D eigenvalue weighted by molar-refractivity contribution is 8.01. The monoisotopic (exact) mass is 338 g/mol. The fourth-order valence-corrected chi connectivity index (χ4v) is 4.23. The van der Waals surface area contributed by atoms with Crippen LogP contribution in [0.4, 0.5) is 0 Å². The minimum Gasteiger partial charge on any atom is -0.494 e. The summed E-state index contributed by atoms with van der Waals surface area (Å²) in [5.41, 5.74) is 0.953. The summed E-state index contributed by atoms with van der Waals surface area (Å²) in [5.74, 6) is 1.44. The molecule has 3 rings (SSSR count). The van der Waals surface area contributed by atoms with Gasteiger partial charge < -0.3 is 14.4 Å². The number of thiazole rings is 1. The summed E-state index contributed by atoms with van der Waals surface area (Å²) >= 11 is 3.10. The van der Waals surface area contributed by atoms with Gasteiger partial charge in [-0.05, 0) is 25.1 Å². The number of amides is 1. The molecule has 0 spiro atoms. The lowest BCUT2D eigenvalue weighted by Gasteiger charge is -2.26. The molecular weight excluding hydrogens is 320 g/mol. The van der Waals surface area contributed by atoms with Gasteiger partial charge in [-0.3, -0.25) is 4.79 Å². The van der Waals surface area contributed by atoms with Gasteiger partial charge in [0.05, 0.1) is 35.8 Å². The zero-order valence-corrected chi connectivity index (χ0v) is 14.0. The first kappa shape index (κ1) is 15.6. The highest BCUT2D eigenvalue weighted by Gasteiger charge is 2.17. The van der Waals surface area contributed by atoms with E-state index >= 15 is 0 Å². The summed E-state index contributed by atoms with van der Waals surface area (Å²) in [7, 11) is 0. The molecule has 1 aromatic carbocycles. The van der Waals surface area contributed by atoms with Gasteiger partial charge in [-0.1, -0.05) is 11.8 Å². The van der Waals surface area contributed by atoms with Crippen LogP contribution in [0, 0.1) is 0 Å². The second-order valence-electron chi connectivity index (χ2n) is 4.82. The van der Waals surface area contributed by atoms with Gasteiger partial charge >= 0.3 is 0 Å². The number of hydrogen-bond acceptors (Lipinski definition) is 6. The highest BCUT2D eigenvalue weighted by atomic mass is 32.2. The second-order valence-corrected chi connectivity index (χ2v) is 7.08. The van der Waals surface area contributed by atoms with Crippen molar-refractivity contribution in [1.29, 1.82) is 0 Å². The Morgan fingerprint density at radius 3 is 3.05 bits per heavy atom. The number of nitrogens with zero attached hydrogens (tertiary/aromatic N) is 2. The summed E-state index contributed by atoms with van der Waals surface area (Å²) in [6, 6.07) is 5.90. The van der Waals surface area contributed by atoms with Crippen molar-refractivity contribution in [2.24, 2.45) is 0 Å². The maximum atomic E-state index is 12.1. The zero-order valence-electron chi connectivity index (χ0n) is 12.4. The molecule has 0 unspecified atom stereocenters. The SMILES string of the molecule is CCOc1ccc2nc(SCC(=O)N3CCOCC3)sc2c1. The molecule has 5 nitrogen and oxygen atoms in total. The maximum absolute atomic E-state index is 12.1. The van der Waals surface area contributed by atoms with Crippen LogP contribution in [0.5, 0.6) is 5.75 Å². The topological polar surface area (TPSA) is 51.7 Å². The lowest BCUT2D eigenvalue weighted by Crippen LogP contribution is -2.41.